The molecule has 16 heavy (non-hydrogen) atoms. The van der Waals surface area contributed by atoms with Crippen LogP contribution >= 0.6 is 0 Å². The van der Waals surface area contributed by atoms with Crippen molar-refractivity contribution in [3.05, 3.63) is 47.8 Å². The van der Waals surface area contributed by atoms with Crippen LogP contribution in [0.15, 0.2) is 30.6 Å². The molecule has 4 nitrogen and oxygen atoms in total. The summed E-state index contributed by atoms with van der Waals surface area (Å²) in [5.41, 5.74) is 0.681. The lowest BCUT2D eigenvalue weighted by atomic mass is 10.2. The summed E-state index contributed by atoms with van der Waals surface area (Å²) in [6, 6.07) is 6.76. The smallest absolute Gasteiger partial charge is 0.137 e. The number of nitrogens with one attached hydrogen (secondary N) is 2. The van der Waals surface area contributed by atoms with Crippen molar-refractivity contribution in [3.8, 4) is 0 Å². The van der Waals surface area contributed by atoms with E-state index in [1.54, 1.807) is 12.1 Å². The lowest BCUT2D eigenvalue weighted by molar-refractivity contribution is 0.586. The van der Waals surface area contributed by atoms with Gasteiger partial charge in [0.05, 0.1) is 0 Å². The molecule has 5 heteroatoms. The summed E-state index contributed by atoms with van der Waals surface area (Å²) in [6.07, 6.45) is 2.24. The Bertz CT molecular complexity index is 427. The summed E-state index contributed by atoms with van der Waals surface area (Å²) < 4.78 is 13.2. The largest absolute Gasteiger partial charge is 0.312 e. The number of nitrogens with zero attached hydrogens (tertiary/aromatic N) is 2. The van der Waals surface area contributed by atoms with Gasteiger partial charge in [-0.1, -0.05) is 18.2 Å². The van der Waals surface area contributed by atoms with Crippen molar-refractivity contribution in [1.82, 2.24) is 20.5 Å². The molecule has 84 valence electrons. The van der Waals surface area contributed by atoms with Crippen molar-refractivity contribution in [3.63, 3.8) is 0 Å². The normalized spacial score (nSPS) is 10.6. The molecule has 0 saturated carbocycles. The number of benzene rings is 1. The van der Waals surface area contributed by atoms with Crippen LogP contribution in [0.25, 0.3) is 0 Å². The predicted molar refractivity (Wildman–Crippen MR) is 58.2 cm³/mol. The van der Waals surface area contributed by atoms with Gasteiger partial charge < -0.3 is 5.32 Å². The van der Waals surface area contributed by atoms with Crippen molar-refractivity contribution >= 4 is 0 Å². The van der Waals surface area contributed by atoms with E-state index in [0.29, 0.717) is 12.1 Å². The van der Waals surface area contributed by atoms with Crippen LogP contribution in [-0.2, 0) is 13.0 Å². The SMILES string of the molecule is Fc1ccccc1CNCCc1ncn[nH]1. The second-order valence-corrected chi connectivity index (χ2v) is 3.45. The van der Waals surface area contributed by atoms with Crippen LogP contribution in [0.5, 0.6) is 0 Å². The van der Waals surface area contributed by atoms with Gasteiger partial charge >= 0.3 is 0 Å². The Morgan fingerprint density at radius 1 is 1.31 bits per heavy atom. The Hall–Kier alpha value is -1.75. The fraction of sp³-hybridized carbons (Fsp3) is 0.273. The second kappa shape index (κ2) is 5.37. The van der Waals surface area contributed by atoms with E-state index in [2.05, 4.69) is 20.5 Å². The highest BCUT2D eigenvalue weighted by Crippen LogP contribution is 2.05. The average Bonchev–Trinajstić information content (AvgIpc) is 2.79. The zero-order valence-electron chi connectivity index (χ0n) is 8.78. The Morgan fingerprint density at radius 2 is 2.19 bits per heavy atom. The molecule has 0 unspecified atom stereocenters. The van der Waals surface area contributed by atoms with E-state index < -0.39 is 0 Å². The molecule has 1 aromatic carbocycles. The summed E-state index contributed by atoms with van der Waals surface area (Å²) in [7, 11) is 0. The van der Waals surface area contributed by atoms with Gasteiger partial charge in [-0.05, 0) is 6.07 Å². The minimum atomic E-state index is -0.172. The standard InChI is InChI=1S/C11H13FN4/c12-10-4-2-1-3-9(10)7-13-6-5-11-14-8-15-16-11/h1-4,8,13H,5-7H2,(H,14,15,16). The minimum absolute atomic E-state index is 0.172. The predicted octanol–water partition coefficient (Wildman–Crippen LogP) is 1.28. The first-order chi connectivity index (χ1) is 7.86. The molecule has 2 N–H and O–H groups in total. The van der Waals surface area contributed by atoms with E-state index in [-0.39, 0.29) is 5.82 Å². The zero-order chi connectivity index (χ0) is 11.2. The Morgan fingerprint density at radius 3 is 2.94 bits per heavy atom. The molecule has 0 bridgehead atoms. The van der Waals surface area contributed by atoms with Gasteiger partial charge in [0, 0.05) is 25.1 Å². The van der Waals surface area contributed by atoms with Gasteiger partial charge in [0.2, 0.25) is 0 Å². The molecule has 0 fully saturated rings. The lowest BCUT2D eigenvalue weighted by Gasteiger charge is -2.04. The summed E-state index contributed by atoms with van der Waals surface area (Å²) in [5, 5.41) is 9.67. The summed E-state index contributed by atoms with van der Waals surface area (Å²) >= 11 is 0. The Balaban J connectivity index is 1.74. The van der Waals surface area contributed by atoms with Crippen LogP contribution in [0.2, 0.25) is 0 Å². The number of hydrogen-bond acceptors (Lipinski definition) is 3. The first kappa shape index (κ1) is 10.8. The number of hydrogen-bond donors (Lipinski definition) is 2. The van der Waals surface area contributed by atoms with E-state index in [9.17, 15) is 4.39 Å². The highest BCUT2D eigenvalue weighted by molar-refractivity contribution is 5.16. The number of rotatable bonds is 5. The number of H-pyrrole nitrogens is 1. The van der Waals surface area contributed by atoms with Gasteiger partial charge in [0.1, 0.15) is 18.0 Å². The minimum Gasteiger partial charge on any atom is -0.312 e. The number of aromatic amines is 1. The fourth-order valence-electron chi connectivity index (χ4n) is 1.42. The molecule has 0 radical (unpaired) electrons. The number of aromatic nitrogens is 3. The van der Waals surface area contributed by atoms with E-state index in [4.69, 9.17) is 0 Å². The molecular formula is C11H13FN4. The first-order valence-corrected chi connectivity index (χ1v) is 5.14. The van der Waals surface area contributed by atoms with Gasteiger partial charge in [0.25, 0.3) is 0 Å². The van der Waals surface area contributed by atoms with Gasteiger partial charge in [-0.15, -0.1) is 0 Å². The molecule has 1 heterocycles. The molecule has 0 atom stereocenters. The Labute approximate surface area is 92.9 Å². The van der Waals surface area contributed by atoms with Gasteiger partial charge in [0.15, 0.2) is 0 Å². The molecule has 0 saturated heterocycles. The highest BCUT2D eigenvalue weighted by Gasteiger charge is 2.00. The maximum Gasteiger partial charge on any atom is 0.137 e. The van der Waals surface area contributed by atoms with Crippen molar-refractivity contribution in [1.29, 1.82) is 0 Å². The maximum atomic E-state index is 13.2. The van der Waals surface area contributed by atoms with E-state index in [1.807, 2.05) is 6.07 Å². The quantitative estimate of drug-likeness (QED) is 0.746. The van der Waals surface area contributed by atoms with Crippen LogP contribution in [-0.4, -0.2) is 21.7 Å². The number of halogens is 1. The average molecular weight is 220 g/mol. The maximum absolute atomic E-state index is 13.2. The molecule has 2 aromatic rings. The van der Waals surface area contributed by atoms with Crippen LogP contribution < -0.4 is 5.32 Å². The van der Waals surface area contributed by atoms with Crippen molar-refractivity contribution < 1.29 is 4.39 Å². The van der Waals surface area contributed by atoms with Gasteiger partial charge in [-0.2, -0.15) is 5.10 Å². The van der Waals surface area contributed by atoms with E-state index in [1.165, 1.54) is 12.4 Å². The van der Waals surface area contributed by atoms with Gasteiger partial charge in [-0.25, -0.2) is 9.37 Å². The van der Waals surface area contributed by atoms with Crippen LogP contribution in [0.3, 0.4) is 0 Å². The van der Waals surface area contributed by atoms with Crippen LogP contribution in [0, 0.1) is 5.82 Å². The van der Waals surface area contributed by atoms with Crippen LogP contribution in [0.4, 0.5) is 4.39 Å². The third-order valence-corrected chi connectivity index (χ3v) is 2.28. The molecule has 2 rings (SSSR count). The third-order valence-electron chi connectivity index (χ3n) is 2.28. The molecular weight excluding hydrogens is 207 g/mol. The van der Waals surface area contributed by atoms with E-state index in [0.717, 1.165) is 18.8 Å². The summed E-state index contributed by atoms with van der Waals surface area (Å²) in [4.78, 5) is 4.00. The molecule has 0 spiro atoms. The summed E-state index contributed by atoms with van der Waals surface area (Å²) in [5.74, 6) is 0.663. The monoisotopic (exact) mass is 220 g/mol. The molecule has 0 aliphatic carbocycles. The van der Waals surface area contributed by atoms with Crippen LogP contribution in [0.1, 0.15) is 11.4 Å². The Kier molecular flexibility index (Phi) is 3.61. The fourth-order valence-corrected chi connectivity index (χ4v) is 1.42. The molecule has 1 aromatic heterocycles. The molecule has 0 amide bonds. The van der Waals surface area contributed by atoms with Gasteiger partial charge in [-0.3, -0.25) is 5.10 Å². The topological polar surface area (TPSA) is 53.6 Å². The highest BCUT2D eigenvalue weighted by atomic mass is 19.1. The molecule has 0 aliphatic rings. The zero-order valence-corrected chi connectivity index (χ0v) is 8.78. The second-order valence-electron chi connectivity index (χ2n) is 3.45. The van der Waals surface area contributed by atoms with Crippen molar-refractivity contribution in [2.45, 2.75) is 13.0 Å². The summed E-state index contributed by atoms with van der Waals surface area (Å²) in [6.45, 7) is 1.27. The third kappa shape index (κ3) is 2.87. The van der Waals surface area contributed by atoms with Crippen molar-refractivity contribution in [2.75, 3.05) is 6.54 Å². The van der Waals surface area contributed by atoms with E-state index >= 15 is 0 Å². The molecule has 0 aliphatic heterocycles. The lowest BCUT2D eigenvalue weighted by Crippen LogP contribution is -2.17. The first-order valence-electron chi connectivity index (χ1n) is 5.14. The van der Waals surface area contributed by atoms with Crippen molar-refractivity contribution in [2.24, 2.45) is 0 Å².